The van der Waals surface area contributed by atoms with Gasteiger partial charge in [-0.25, -0.2) is 0 Å². The van der Waals surface area contributed by atoms with Crippen LogP contribution in [0.1, 0.15) is 12.8 Å². The van der Waals surface area contributed by atoms with Crippen LogP contribution in [-0.2, 0) is 22.6 Å². The number of rotatable bonds is 0. The minimum atomic E-state index is -2.06. The Morgan fingerprint density at radius 1 is 1.00 bits per heavy atom. The van der Waals surface area contributed by atoms with Gasteiger partial charge in [-0.1, -0.05) is 0 Å². The van der Waals surface area contributed by atoms with Gasteiger partial charge in [0.05, 0.1) is 0 Å². The molecule has 0 aromatic carbocycles. The molecule has 0 spiro atoms. The molecule has 0 aliphatic carbocycles. The molecule has 1 aliphatic heterocycles. The van der Waals surface area contributed by atoms with E-state index in [1.165, 1.54) is 12.8 Å². The number of hydrogen-bond acceptors (Lipinski definition) is 1. The first kappa shape index (κ1) is 10.7. The molecule has 54 valence electrons. The summed E-state index contributed by atoms with van der Waals surface area (Å²) in [6, 6.07) is 0. The van der Waals surface area contributed by atoms with E-state index in [9.17, 15) is 0 Å². The molecule has 1 saturated heterocycles. The Kier molecular flexibility index (Phi) is 9.28. The fourth-order valence-electron chi connectivity index (χ4n) is 0.510. The molecule has 0 N–H and O–H groups in total. The molecule has 5 heteroatoms. The van der Waals surface area contributed by atoms with Crippen LogP contribution in [-0.4, -0.2) is 13.2 Å². The van der Waals surface area contributed by atoms with Gasteiger partial charge < -0.3 is 4.74 Å². The number of halogens is 3. The van der Waals surface area contributed by atoms with Crippen LogP contribution in [0.25, 0.3) is 0 Å². The van der Waals surface area contributed by atoms with Gasteiger partial charge in [0.25, 0.3) is 0 Å². The van der Waals surface area contributed by atoms with Gasteiger partial charge in [-0.3, -0.25) is 0 Å². The maximum absolute atomic E-state index is 4.99. The van der Waals surface area contributed by atoms with E-state index in [4.69, 9.17) is 30.5 Å². The summed E-state index contributed by atoms with van der Waals surface area (Å²) in [6.07, 6.45) is 2.56. The van der Waals surface area contributed by atoms with Crippen LogP contribution in [0.2, 0.25) is 0 Å². The van der Waals surface area contributed by atoms with E-state index in [2.05, 4.69) is 0 Å². The Hall–Kier alpha value is 1.70. The molecule has 1 rings (SSSR count). The summed E-state index contributed by atoms with van der Waals surface area (Å²) in [7, 11) is 15.0. The Labute approximate surface area is 73.9 Å². The zero-order valence-electron chi connectivity index (χ0n) is 4.95. The van der Waals surface area contributed by atoms with Crippen LogP contribution >= 0.6 is 25.7 Å². The molecule has 0 radical (unpaired) electrons. The minimum absolute atomic E-state index is 1.00. The Morgan fingerprint density at radius 2 is 1.33 bits per heavy atom. The van der Waals surface area contributed by atoms with Gasteiger partial charge in [0.15, 0.2) is 0 Å². The van der Waals surface area contributed by atoms with E-state index < -0.39 is 17.9 Å². The Morgan fingerprint density at radius 3 is 1.44 bits per heavy atom. The fourth-order valence-corrected chi connectivity index (χ4v) is 0.510. The average molecular weight is 223 g/mol. The third-order valence-corrected chi connectivity index (χ3v) is 0.827. The van der Waals surface area contributed by atoms with E-state index >= 15 is 0 Å². The molecule has 1 aliphatic rings. The van der Waals surface area contributed by atoms with Gasteiger partial charge in [-0.15, -0.1) is 0 Å². The molecule has 1 heterocycles. The zero-order chi connectivity index (χ0) is 7.11. The van der Waals surface area contributed by atoms with Crippen molar-refractivity contribution in [1.82, 2.24) is 0 Å². The second kappa shape index (κ2) is 7.80. The molecule has 0 bridgehead atoms. The van der Waals surface area contributed by atoms with Crippen LogP contribution in [0, 0.1) is 0 Å². The predicted molar refractivity (Wildman–Crippen MR) is 37.6 cm³/mol. The van der Waals surface area contributed by atoms with Crippen molar-refractivity contribution < 1.29 is 22.6 Å². The molecule has 1 nitrogen and oxygen atoms in total. The monoisotopic (exact) mass is 222 g/mol. The summed E-state index contributed by atoms with van der Waals surface area (Å²) in [5, 5.41) is 0. The SMILES string of the molecule is C1CCOC1.[Cl][Sc]([Cl])[Cl]. The van der Waals surface area contributed by atoms with Crippen molar-refractivity contribution in [3.8, 4) is 0 Å². The van der Waals surface area contributed by atoms with E-state index in [-0.39, 0.29) is 0 Å². The van der Waals surface area contributed by atoms with Gasteiger partial charge in [0.1, 0.15) is 0 Å². The van der Waals surface area contributed by atoms with Gasteiger partial charge in [-0.05, 0) is 12.8 Å². The molecule has 1 fully saturated rings. The van der Waals surface area contributed by atoms with Gasteiger partial charge in [0, 0.05) is 13.2 Å². The summed E-state index contributed by atoms with van der Waals surface area (Å²) < 4.78 is 4.94. The van der Waals surface area contributed by atoms with Gasteiger partial charge >= 0.3 is 43.6 Å². The van der Waals surface area contributed by atoms with Gasteiger partial charge in [-0.2, -0.15) is 0 Å². The molecule has 0 amide bonds. The summed E-state index contributed by atoms with van der Waals surface area (Å²) >= 11 is -2.06. The van der Waals surface area contributed by atoms with Crippen molar-refractivity contribution in [1.29, 1.82) is 0 Å². The number of hydrogen-bond donors (Lipinski definition) is 0. The first-order valence-electron chi connectivity index (χ1n) is 2.73. The molecule has 0 aromatic heterocycles. The van der Waals surface area contributed by atoms with Crippen molar-refractivity contribution >= 4 is 25.7 Å². The second-order valence-electron chi connectivity index (χ2n) is 1.57. The number of ether oxygens (including phenoxy) is 1. The molecular formula is C4H8Cl3OSc. The molecule has 0 atom stereocenters. The summed E-state index contributed by atoms with van der Waals surface area (Å²) in [5.74, 6) is 0. The first-order chi connectivity index (χ1) is 4.23. The summed E-state index contributed by atoms with van der Waals surface area (Å²) in [6.45, 7) is 2.00. The van der Waals surface area contributed by atoms with E-state index in [1.807, 2.05) is 0 Å². The van der Waals surface area contributed by atoms with Crippen molar-refractivity contribution in [3.05, 3.63) is 0 Å². The molecule has 0 saturated carbocycles. The van der Waals surface area contributed by atoms with Crippen LogP contribution < -0.4 is 0 Å². The van der Waals surface area contributed by atoms with Gasteiger partial charge in [0.2, 0.25) is 0 Å². The molecular weight excluding hydrogens is 215 g/mol. The van der Waals surface area contributed by atoms with E-state index in [1.54, 1.807) is 0 Å². The van der Waals surface area contributed by atoms with Crippen LogP contribution in [0.4, 0.5) is 0 Å². The topological polar surface area (TPSA) is 9.23 Å². The standard InChI is InChI=1S/C4H8O.3ClH.Sc/c1-2-4-5-3-1;;;;/h1-4H2;3*1H;/q;;;;+3/p-3. The Bertz CT molecular complexity index is 47.4. The fraction of sp³-hybridized carbons (Fsp3) is 1.00. The second-order valence-corrected chi connectivity index (χ2v) is 10.5. The van der Waals surface area contributed by atoms with Crippen molar-refractivity contribution in [2.24, 2.45) is 0 Å². The normalized spacial score (nSPS) is 16.3. The third-order valence-electron chi connectivity index (χ3n) is 0.827. The quantitative estimate of drug-likeness (QED) is 0.613. The average Bonchev–Trinajstić information content (AvgIpc) is 2.11. The Balaban J connectivity index is 0.000000148. The predicted octanol–water partition coefficient (Wildman–Crippen LogP) is 2.86. The van der Waals surface area contributed by atoms with E-state index in [0.717, 1.165) is 13.2 Å². The third kappa shape index (κ3) is 12.8. The summed E-state index contributed by atoms with van der Waals surface area (Å²) in [4.78, 5) is 0. The van der Waals surface area contributed by atoms with Crippen molar-refractivity contribution in [2.75, 3.05) is 13.2 Å². The van der Waals surface area contributed by atoms with Crippen molar-refractivity contribution in [2.45, 2.75) is 12.8 Å². The maximum atomic E-state index is 4.99. The van der Waals surface area contributed by atoms with E-state index in [0.29, 0.717) is 0 Å². The van der Waals surface area contributed by atoms with Crippen LogP contribution in [0.15, 0.2) is 0 Å². The summed E-state index contributed by atoms with van der Waals surface area (Å²) in [5.41, 5.74) is 0. The molecule has 0 unspecified atom stereocenters. The van der Waals surface area contributed by atoms with Crippen molar-refractivity contribution in [3.63, 3.8) is 0 Å². The van der Waals surface area contributed by atoms with Crippen LogP contribution in [0.5, 0.6) is 0 Å². The zero-order valence-corrected chi connectivity index (χ0v) is 9.02. The van der Waals surface area contributed by atoms with Crippen LogP contribution in [0.3, 0.4) is 0 Å². The molecule has 9 heavy (non-hydrogen) atoms. The molecule has 0 aromatic rings. The first-order valence-corrected chi connectivity index (χ1v) is 10.2.